The number of hydrogen-bond donors (Lipinski definition) is 2. The summed E-state index contributed by atoms with van der Waals surface area (Å²) in [5.74, 6) is -0.386. The Hall–Kier alpha value is -1.95. The van der Waals surface area contributed by atoms with E-state index in [0.29, 0.717) is 5.56 Å². The van der Waals surface area contributed by atoms with Crippen molar-refractivity contribution in [3.8, 4) is 0 Å². The number of carbonyl (C=O) groups excluding carboxylic acids is 1. The monoisotopic (exact) mass is 382 g/mol. The number of nitrogens with zero attached hydrogens (tertiary/aromatic N) is 2. The lowest BCUT2D eigenvalue weighted by Gasteiger charge is -2.36. The predicted molar refractivity (Wildman–Crippen MR) is 108 cm³/mol. The average molecular weight is 383 g/mol. The van der Waals surface area contributed by atoms with E-state index >= 15 is 0 Å². The molecule has 25 heavy (non-hydrogen) atoms. The number of primary amides is 1. The number of benzene rings is 2. The van der Waals surface area contributed by atoms with Crippen molar-refractivity contribution in [2.45, 2.75) is 6.54 Å². The summed E-state index contributed by atoms with van der Waals surface area (Å²) in [6.07, 6.45) is 0. The average Bonchev–Trinajstić information content (AvgIpc) is 2.56. The molecule has 0 bridgehead atoms. The number of halogens is 2. The van der Waals surface area contributed by atoms with Crippen LogP contribution in [0.2, 0.25) is 0 Å². The van der Waals surface area contributed by atoms with Gasteiger partial charge in [0.2, 0.25) is 5.91 Å². The van der Waals surface area contributed by atoms with Gasteiger partial charge in [0.1, 0.15) is 0 Å². The zero-order valence-electron chi connectivity index (χ0n) is 13.9. The molecular formula is C18H24Cl2N4O. The van der Waals surface area contributed by atoms with Crippen LogP contribution in [0, 0.1) is 0 Å². The number of nitrogens with two attached hydrogens (primary N) is 2. The quantitative estimate of drug-likeness (QED) is 0.796. The summed E-state index contributed by atoms with van der Waals surface area (Å²) in [5.41, 5.74) is 14.9. The number of piperazine rings is 1. The molecule has 0 aliphatic carbocycles. The zero-order chi connectivity index (χ0) is 16.2. The van der Waals surface area contributed by atoms with Crippen LogP contribution in [-0.4, -0.2) is 37.0 Å². The van der Waals surface area contributed by atoms with Crippen molar-refractivity contribution in [3.63, 3.8) is 0 Å². The second-order valence-corrected chi connectivity index (χ2v) is 5.92. The van der Waals surface area contributed by atoms with Crippen molar-refractivity contribution in [2.24, 2.45) is 5.73 Å². The largest absolute Gasteiger partial charge is 0.399 e. The van der Waals surface area contributed by atoms with Crippen molar-refractivity contribution in [1.82, 2.24) is 4.90 Å². The fourth-order valence-corrected chi connectivity index (χ4v) is 2.95. The number of carbonyl (C=O) groups is 1. The first-order valence-corrected chi connectivity index (χ1v) is 7.83. The Morgan fingerprint density at radius 1 is 0.960 bits per heavy atom. The van der Waals surface area contributed by atoms with Gasteiger partial charge in [-0.25, -0.2) is 0 Å². The number of amides is 1. The number of hydrogen-bond acceptors (Lipinski definition) is 4. The Balaban J connectivity index is 0.00000156. The third-order valence-corrected chi connectivity index (χ3v) is 4.25. The Labute approximate surface area is 160 Å². The minimum atomic E-state index is -0.386. The van der Waals surface area contributed by atoms with Gasteiger partial charge >= 0.3 is 0 Å². The highest BCUT2D eigenvalue weighted by atomic mass is 35.5. The molecule has 0 unspecified atom stereocenters. The van der Waals surface area contributed by atoms with Gasteiger partial charge < -0.3 is 16.4 Å². The zero-order valence-corrected chi connectivity index (χ0v) is 15.6. The Morgan fingerprint density at radius 3 is 2.16 bits per heavy atom. The maximum absolute atomic E-state index is 11.1. The SMILES string of the molecule is Cl.Cl.NC(=O)c1ccc(N2CCN(Cc3cccc(N)c3)CC2)cc1. The molecule has 4 N–H and O–H groups in total. The van der Waals surface area contributed by atoms with Crippen LogP contribution in [0.25, 0.3) is 0 Å². The van der Waals surface area contributed by atoms with Crippen LogP contribution in [-0.2, 0) is 6.54 Å². The van der Waals surface area contributed by atoms with Crippen molar-refractivity contribution in [1.29, 1.82) is 0 Å². The van der Waals surface area contributed by atoms with E-state index in [9.17, 15) is 4.79 Å². The summed E-state index contributed by atoms with van der Waals surface area (Å²) in [5, 5.41) is 0. The molecule has 5 nitrogen and oxygen atoms in total. The lowest BCUT2D eigenvalue weighted by molar-refractivity contribution is 0.100. The molecule has 1 saturated heterocycles. The Morgan fingerprint density at radius 2 is 1.60 bits per heavy atom. The van der Waals surface area contributed by atoms with E-state index in [1.807, 2.05) is 30.3 Å². The summed E-state index contributed by atoms with van der Waals surface area (Å²) in [7, 11) is 0. The van der Waals surface area contributed by atoms with Crippen LogP contribution in [0.1, 0.15) is 15.9 Å². The molecule has 0 saturated carbocycles. The van der Waals surface area contributed by atoms with Crippen LogP contribution in [0.4, 0.5) is 11.4 Å². The topological polar surface area (TPSA) is 75.6 Å². The standard InChI is InChI=1S/C18H22N4O.2ClH/c19-16-3-1-2-14(12-16)13-21-8-10-22(11-9-21)17-6-4-15(5-7-17)18(20)23;;/h1-7,12H,8-11,13,19H2,(H2,20,23);2*1H. The normalized spacial score (nSPS) is 14.3. The van der Waals surface area contributed by atoms with Crippen LogP contribution in [0.5, 0.6) is 0 Å². The molecule has 3 rings (SSSR count). The molecule has 0 radical (unpaired) electrons. The van der Waals surface area contributed by atoms with E-state index < -0.39 is 0 Å². The lowest BCUT2D eigenvalue weighted by atomic mass is 10.1. The Bertz CT molecular complexity index is 686. The van der Waals surface area contributed by atoms with Crippen molar-refractivity contribution >= 4 is 42.1 Å². The molecular weight excluding hydrogens is 359 g/mol. The maximum atomic E-state index is 11.1. The summed E-state index contributed by atoms with van der Waals surface area (Å²) >= 11 is 0. The first-order valence-electron chi connectivity index (χ1n) is 7.83. The van der Waals surface area contributed by atoms with Gasteiger partial charge in [0, 0.05) is 49.7 Å². The molecule has 0 aromatic heterocycles. The predicted octanol–water partition coefficient (Wildman–Crippen LogP) is 2.53. The molecule has 0 atom stereocenters. The minimum absolute atomic E-state index is 0. The molecule has 2 aromatic rings. The molecule has 1 heterocycles. The van der Waals surface area contributed by atoms with E-state index in [1.54, 1.807) is 12.1 Å². The van der Waals surface area contributed by atoms with Gasteiger partial charge in [-0.2, -0.15) is 0 Å². The maximum Gasteiger partial charge on any atom is 0.248 e. The fraction of sp³-hybridized carbons (Fsp3) is 0.278. The molecule has 2 aromatic carbocycles. The van der Waals surface area contributed by atoms with Crippen molar-refractivity contribution in [2.75, 3.05) is 36.8 Å². The van der Waals surface area contributed by atoms with E-state index in [0.717, 1.165) is 44.1 Å². The van der Waals surface area contributed by atoms with Gasteiger partial charge in [-0.05, 0) is 42.0 Å². The molecule has 1 aliphatic rings. The minimum Gasteiger partial charge on any atom is -0.399 e. The third kappa shape index (κ3) is 5.53. The highest BCUT2D eigenvalue weighted by Crippen LogP contribution is 2.18. The lowest BCUT2D eigenvalue weighted by Crippen LogP contribution is -2.45. The number of rotatable bonds is 4. The molecule has 1 fully saturated rings. The van der Waals surface area contributed by atoms with E-state index in [2.05, 4.69) is 15.9 Å². The van der Waals surface area contributed by atoms with Crippen LogP contribution in [0.3, 0.4) is 0 Å². The van der Waals surface area contributed by atoms with Crippen LogP contribution in [0.15, 0.2) is 48.5 Å². The number of anilines is 2. The smallest absolute Gasteiger partial charge is 0.248 e. The molecule has 1 amide bonds. The van der Waals surface area contributed by atoms with Crippen LogP contribution < -0.4 is 16.4 Å². The highest BCUT2D eigenvalue weighted by Gasteiger charge is 2.17. The van der Waals surface area contributed by atoms with Crippen molar-refractivity contribution in [3.05, 3.63) is 59.7 Å². The second-order valence-electron chi connectivity index (χ2n) is 5.92. The van der Waals surface area contributed by atoms with E-state index in [4.69, 9.17) is 11.5 Å². The van der Waals surface area contributed by atoms with Gasteiger partial charge in [-0.15, -0.1) is 24.8 Å². The van der Waals surface area contributed by atoms with Gasteiger partial charge in [-0.3, -0.25) is 9.69 Å². The highest BCUT2D eigenvalue weighted by molar-refractivity contribution is 5.93. The van der Waals surface area contributed by atoms with Crippen molar-refractivity contribution < 1.29 is 4.79 Å². The first kappa shape index (κ1) is 21.1. The summed E-state index contributed by atoms with van der Waals surface area (Å²) in [4.78, 5) is 15.9. The van der Waals surface area contributed by atoms with Gasteiger partial charge in [-0.1, -0.05) is 12.1 Å². The fourth-order valence-electron chi connectivity index (χ4n) is 2.95. The second kappa shape index (κ2) is 9.51. The van der Waals surface area contributed by atoms with Gasteiger partial charge in [0.15, 0.2) is 0 Å². The summed E-state index contributed by atoms with van der Waals surface area (Å²) < 4.78 is 0. The van der Waals surface area contributed by atoms with Gasteiger partial charge in [0.05, 0.1) is 0 Å². The Kier molecular flexibility index (Phi) is 8.03. The molecule has 136 valence electrons. The first-order chi connectivity index (χ1) is 11.1. The number of nitrogen functional groups attached to an aromatic ring is 1. The summed E-state index contributed by atoms with van der Waals surface area (Å²) in [6, 6.07) is 15.6. The summed E-state index contributed by atoms with van der Waals surface area (Å²) in [6.45, 7) is 4.88. The van der Waals surface area contributed by atoms with E-state index in [-0.39, 0.29) is 30.7 Å². The molecule has 7 heteroatoms. The van der Waals surface area contributed by atoms with Crippen LogP contribution >= 0.6 is 24.8 Å². The molecule has 1 aliphatic heterocycles. The van der Waals surface area contributed by atoms with Gasteiger partial charge in [0.25, 0.3) is 0 Å². The van der Waals surface area contributed by atoms with E-state index in [1.165, 1.54) is 5.56 Å². The third-order valence-electron chi connectivity index (χ3n) is 4.25. The molecule has 0 spiro atoms.